The molecule has 10 heavy (non-hydrogen) atoms. The normalized spacial score (nSPS) is 3.90. The molecular weight excluding hydrogens is 185 g/mol. The van der Waals surface area contributed by atoms with Crippen molar-refractivity contribution in [3.63, 3.8) is 0 Å². The molecule has 56 valence electrons. The summed E-state index contributed by atoms with van der Waals surface area (Å²) in [6.07, 6.45) is 4.50. The van der Waals surface area contributed by atoms with Gasteiger partial charge in [-0.2, -0.15) is 20.8 Å². The Labute approximate surface area is 73.9 Å². The third-order valence-corrected chi connectivity index (χ3v) is 0. The van der Waals surface area contributed by atoms with Gasteiger partial charge in [-0.15, -0.1) is 0 Å². The summed E-state index contributed by atoms with van der Waals surface area (Å²) in [5.74, 6) is 0. The van der Waals surface area contributed by atoms with Crippen LogP contribution in [0.3, 0.4) is 0 Å². The van der Waals surface area contributed by atoms with E-state index >= 15 is 0 Å². The van der Waals surface area contributed by atoms with Gasteiger partial charge in [-0.3, -0.25) is 18.9 Å². The zero-order chi connectivity index (χ0) is 8.12. The Balaban J connectivity index is -0.0000000257. The first-order chi connectivity index (χ1) is 4.24. The van der Waals surface area contributed by atoms with Gasteiger partial charge in [0, 0.05) is 19.5 Å². The second-order valence-corrected chi connectivity index (χ2v) is 0.612. The Kier molecular flexibility index (Phi) is 164. The average molecular weight is 195 g/mol. The van der Waals surface area contributed by atoms with Gasteiger partial charge in [0.2, 0.25) is 0 Å². The molecule has 0 aromatic rings. The first-order valence-corrected chi connectivity index (χ1v) is 2.11. The predicted molar refractivity (Wildman–Crippen MR) is 34.1 cm³/mol. The van der Waals surface area contributed by atoms with Crippen LogP contribution in [0.5, 0.6) is 0 Å². The quantitative estimate of drug-likeness (QED) is 0.413. The Morgan fingerprint density at radius 1 is 0.700 bits per heavy atom. The van der Waals surface area contributed by atoms with E-state index in [0.29, 0.717) is 0 Å². The van der Waals surface area contributed by atoms with E-state index in [4.69, 9.17) is 14.4 Å². The van der Waals surface area contributed by atoms with Crippen LogP contribution in [0.15, 0.2) is 0 Å². The predicted octanol–water partition coefficient (Wildman–Crippen LogP) is 0.346. The van der Waals surface area contributed by atoms with Crippen molar-refractivity contribution >= 4 is 18.9 Å². The van der Waals surface area contributed by atoms with Crippen LogP contribution in [0.4, 0.5) is 0 Å². The molecule has 4 heteroatoms. The van der Waals surface area contributed by atoms with Gasteiger partial charge in [-0.1, -0.05) is 0 Å². The third kappa shape index (κ3) is 2500. The van der Waals surface area contributed by atoms with Gasteiger partial charge < -0.3 is 14.4 Å². The van der Waals surface area contributed by atoms with Gasteiger partial charge in [-0.05, 0) is 0 Å². The van der Waals surface area contributed by atoms with E-state index in [2.05, 4.69) is 0 Å². The SMILES string of the molecule is C[C-]=O.C[C-]=O.C[C-]=O.[Zn]. The molecule has 0 radical (unpaired) electrons. The van der Waals surface area contributed by atoms with Crippen LogP contribution in [-0.4, -0.2) is 18.9 Å². The molecule has 0 saturated carbocycles. The van der Waals surface area contributed by atoms with Gasteiger partial charge in [0.1, 0.15) is 0 Å². The van der Waals surface area contributed by atoms with Crippen molar-refractivity contribution in [1.82, 2.24) is 0 Å². The first-order valence-electron chi connectivity index (χ1n) is 2.11. The maximum atomic E-state index is 8.68. The van der Waals surface area contributed by atoms with E-state index in [1.165, 1.54) is 39.6 Å². The molecule has 0 unspecified atom stereocenters. The number of hydrogen-bond acceptors (Lipinski definition) is 3. The third-order valence-electron chi connectivity index (χ3n) is 0. The summed E-state index contributed by atoms with van der Waals surface area (Å²) in [7, 11) is 0. The molecule has 0 atom stereocenters. The van der Waals surface area contributed by atoms with Crippen LogP contribution in [0.25, 0.3) is 0 Å². The van der Waals surface area contributed by atoms with Crippen molar-refractivity contribution in [2.45, 2.75) is 20.8 Å². The van der Waals surface area contributed by atoms with Gasteiger partial charge in [0.25, 0.3) is 0 Å². The fourth-order valence-corrected chi connectivity index (χ4v) is 0. The van der Waals surface area contributed by atoms with Crippen molar-refractivity contribution < 1.29 is 33.9 Å². The molecule has 0 rings (SSSR count). The molecule has 0 fully saturated rings. The average Bonchev–Trinajstić information content (AvgIpc) is 1.70. The van der Waals surface area contributed by atoms with Crippen LogP contribution in [0, 0.1) is 0 Å². The minimum Gasteiger partial charge on any atom is -0.542 e. The van der Waals surface area contributed by atoms with Crippen LogP contribution >= 0.6 is 0 Å². The monoisotopic (exact) mass is 193 g/mol. The van der Waals surface area contributed by atoms with Crippen LogP contribution in [0.2, 0.25) is 0 Å². The summed E-state index contributed by atoms with van der Waals surface area (Å²) >= 11 is 0. The zero-order valence-electron chi connectivity index (χ0n) is 6.43. The fourth-order valence-electron chi connectivity index (χ4n) is 0. The minimum absolute atomic E-state index is 0. The van der Waals surface area contributed by atoms with E-state index < -0.39 is 0 Å². The van der Waals surface area contributed by atoms with Gasteiger partial charge in [0.05, 0.1) is 0 Å². The maximum absolute atomic E-state index is 8.68. The Hall–Kier alpha value is -0.367. The second kappa shape index (κ2) is 72.5. The molecule has 0 aromatic heterocycles. The topological polar surface area (TPSA) is 51.2 Å². The molecule has 0 aliphatic heterocycles. The van der Waals surface area contributed by atoms with Crippen molar-refractivity contribution in [1.29, 1.82) is 0 Å². The van der Waals surface area contributed by atoms with E-state index in [1.54, 1.807) is 0 Å². The Morgan fingerprint density at radius 2 is 0.700 bits per heavy atom. The molecule has 0 aliphatic rings. The number of hydrogen-bond donors (Lipinski definition) is 0. The van der Waals surface area contributed by atoms with Gasteiger partial charge in [-0.25, -0.2) is 0 Å². The molecule has 0 aliphatic carbocycles. The molecule has 0 amide bonds. The largest absolute Gasteiger partial charge is 0.542 e. The van der Waals surface area contributed by atoms with Gasteiger partial charge >= 0.3 is 0 Å². The maximum Gasteiger partial charge on any atom is 0 e. The summed E-state index contributed by atoms with van der Waals surface area (Å²) in [5.41, 5.74) is 0. The number of rotatable bonds is 0. The van der Waals surface area contributed by atoms with Crippen LogP contribution in [-0.2, 0) is 33.9 Å². The summed E-state index contributed by atoms with van der Waals surface area (Å²) in [5, 5.41) is 0. The summed E-state index contributed by atoms with van der Waals surface area (Å²) in [4.78, 5) is 26.0. The van der Waals surface area contributed by atoms with Crippen molar-refractivity contribution in [3.8, 4) is 0 Å². The van der Waals surface area contributed by atoms with Crippen molar-refractivity contribution in [2.75, 3.05) is 0 Å². The second-order valence-electron chi connectivity index (χ2n) is 0.612. The molecule has 0 spiro atoms. The smallest absolute Gasteiger partial charge is 0 e. The number of carbonyl (C=O) groups excluding carboxylic acids is 3. The van der Waals surface area contributed by atoms with E-state index in [1.807, 2.05) is 0 Å². The molecule has 0 aromatic carbocycles. The zero-order valence-corrected chi connectivity index (χ0v) is 9.40. The van der Waals surface area contributed by atoms with E-state index in [0.717, 1.165) is 0 Å². The molecule has 3 nitrogen and oxygen atoms in total. The summed E-state index contributed by atoms with van der Waals surface area (Å²) in [6, 6.07) is 0. The Bertz CT molecular complexity index is 49.7. The van der Waals surface area contributed by atoms with Crippen molar-refractivity contribution in [2.24, 2.45) is 0 Å². The van der Waals surface area contributed by atoms with Gasteiger partial charge in [0.15, 0.2) is 0 Å². The molecular formula is C6H9O3Zn-3. The molecule has 0 bridgehead atoms. The first kappa shape index (κ1) is 22.6. The summed E-state index contributed by atoms with van der Waals surface area (Å²) < 4.78 is 0. The van der Waals surface area contributed by atoms with Crippen LogP contribution < -0.4 is 0 Å². The minimum atomic E-state index is 0. The fraction of sp³-hybridized carbons (Fsp3) is 0.500. The van der Waals surface area contributed by atoms with E-state index in [9.17, 15) is 0 Å². The Morgan fingerprint density at radius 3 is 0.700 bits per heavy atom. The van der Waals surface area contributed by atoms with Crippen LogP contribution in [0.1, 0.15) is 20.8 Å². The molecule has 0 heterocycles. The summed E-state index contributed by atoms with van der Waals surface area (Å²) in [6.45, 7) is 3.96. The standard InChI is InChI=1S/3C2H3O.Zn/c3*1-2-3;/h3*1H3;/q3*-1;. The molecule has 0 saturated heterocycles. The van der Waals surface area contributed by atoms with Crippen molar-refractivity contribution in [3.05, 3.63) is 0 Å². The van der Waals surface area contributed by atoms with E-state index in [-0.39, 0.29) is 19.5 Å². The molecule has 0 N–H and O–H groups in total.